The topological polar surface area (TPSA) is 76.8 Å². The van der Waals surface area contributed by atoms with Crippen molar-refractivity contribution in [2.45, 2.75) is 46.2 Å². The van der Waals surface area contributed by atoms with Crippen molar-refractivity contribution in [3.63, 3.8) is 0 Å². The first-order valence-electron chi connectivity index (χ1n) is 8.61. The van der Waals surface area contributed by atoms with Crippen LogP contribution in [0, 0.1) is 0 Å². The highest BCUT2D eigenvalue weighted by atomic mass is 16.5. The van der Waals surface area contributed by atoms with Gasteiger partial charge in [-0.3, -0.25) is 4.57 Å². The van der Waals surface area contributed by atoms with Crippen LogP contribution in [-0.2, 0) is 13.0 Å². The summed E-state index contributed by atoms with van der Waals surface area (Å²) in [6, 6.07) is 4.39. The summed E-state index contributed by atoms with van der Waals surface area (Å²) in [5.41, 5.74) is 2.48. The molecule has 0 radical (unpaired) electrons. The van der Waals surface area contributed by atoms with Gasteiger partial charge in [-0.1, -0.05) is 0 Å². The monoisotopic (exact) mass is 347 g/mol. The second-order valence-corrected chi connectivity index (χ2v) is 7.09. The molecule has 2 aromatic rings. The molecule has 1 aliphatic heterocycles. The van der Waals surface area contributed by atoms with Crippen LogP contribution < -0.4 is 9.47 Å². The fourth-order valence-electron chi connectivity index (χ4n) is 3.26. The lowest BCUT2D eigenvalue weighted by Gasteiger charge is -2.33. The molecular formula is C18H25N3O4. The second-order valence-electron chi connectivity index (χ2n) is 7.09. The maximum atomic E-state index is 11.6. The SMILES string of the molecule is CCOc1nc2ccc3c(c2n1CCN(C(=O)O)C(C)(C)C)CCO3. The van der Waals surface area contributed by atoms with Crippen molar-refractivity contribution in [3.8, 4) is 11.8 Å². The summed E-state index contributed by atoms with van der Waals surface area (Å²) in [5.74, 6) is 0.877. The third-order valence-corrected chi connectivity index (χ3v) is 4.41. The molecule has 7 heteroatoms. The third-order valence-electron chi connectivity index (χ3n) is 4.41. The molecule has 1 N–H and O–H groups in total. The minimum absolute atomic E-state index is 0.356. The Morgan fingerprint density at radius 2 is 2.20 bits per heavy atom. The molecule has 7 nitrogen and oxygen atoms in total. The number of rotatable bonds is 5. The summed E-state index contributed by atoms with van der Waals surface area (Å²) in [6.45, 7) is 9.58. The largest absolute Gasteiger partial charge is 0.493 e. The second kappa shape index (κ2) is 6.46. The van der Waals surface area contributed by atoms with Crippen LogP contribution in [0.1, 0.15) is 33.3 Å². The van der Waals surface area contributed by atoms with Crippen molar-refractivity contribution in [3.05, 3.63) is 17.7 Å². The van der Waals surface area contributed by atoms with E-state index in [1.165, 1.54) is 4.90 Å². The van der Waals surface area contributed by atoms with Gasteiger partial charge in [0.2, 0.25) is 0 Å². The number of hydrogen-bond acceptors (Lipinski definition) is 4. The van der Waals surface area contributed by atoms with Gasteiger partial charge < -0.3 is 19.5 Å². The standard InChI is InChI=1S/C18H25N3O4/c1-5-24-16-19-13-6-7-14-12(8-11-25-14)15(13)20(16)9-10-21(17(22)23)18(2,3)4/h6-7H,5,8-11H2,1-4H3,(H,22,23). The van der Waals surface area contributed by atoms with Gasteiger partial charge in [-0.15, -0.1) is 0 Å². The molecular weight excluding hydrogens is 322 g/mol. The van der Waals surface area contributed by atoms with E-state index in [-0.39, 0.29) is 0 Å². The summed E-state index contributed by atoms with van der Waals surface area (Å²) in [4.78, 5) is 17.6. The minimum Gasteiger partial charge on any atom is -0.493 e. The van der Waals surface area contributed by atoms with Gasteiger partial charge in [-0.2, -0.15) is 4.98 Å². The quantitative estimate of drug-likeness (QED) is 0.899. The fraction of sp³-hybridized carbons (Fsp3) is 0.556. The van der Waals surface area contributed by atoms with Gasteiger partial charge in [0.15, 0.2) is 0 Å². The van der Waals surface area contributed by atoms with E-state index >= 15 is 0 Å². The van der Waals surface area contributed by atoms with Gasteiger partial charge in [-0.25, -0.2) is 4.79 Å². The number of carboxylic acid groups (broad SMARTS) is 1. The lowest BCUT2D eigenvalue weighted by molar-refractivity contribution is 0.0972. The number of fused-ring (bicyclic) bond motifs is 3. The van der Waals surface area contributed by atoms with Crippen molar-refractivity contribution >= 4 is 17.1 Å². The molecule has 2 heterocycles. The molecule has 136 valence electrons. The van der Waals surface area contributed by atoms with Gasteiger partial charge >= 0.3 is 6.09 Å². The van der Waals surface area contributed by atoms with E-state index in [0.29, 0.717) is 32.3 Å². The van der Waals surface area contributed by atoms with E-state index in [2.05, 4.69) is 4.98 Å². The Morgan fingerprint density at radius 1 is 1.44 bits per heavy atom. The van der Waals surface area contributed by atoms with E-state index < -0.39 is 11.6 Å². The highest BCUT2D eigenvalue weighted by Crippen LogP contribution is 2.34. The predicted molar refractivity (Wildman–Crippen MR) is 94.6 cm³/mol. The molecule has 1 aromatic carbocycles. The molecule has 1 amide bonds. The zero-order chi connectivity index (χ0) is 18.2. The zero-order valence-corrected chi connectivity index (χ0v) is 15.2. The number of imidazole rings is 1. The lowest BCUT2D eigenvalue weighted by Crippen LogP contribution is -2.46. The van der Waals surface area contributed by atoms with Crippen LogP contribution in [0.15, 0.2) is 12.1 Å². The zero-order valence-electron chi connectivity index (χ0n) is 15.2. The summed E-state index contributed by atoms with van der Waals surface area (Å²) in [5, 5.41) is 9.53. The molecule has 3 rings (SSSR count). The Hall–Kier alpha value is -2.44. The number of nitrogens with zero attached hydrogens (tertiary/aromatic N) is 3. The molecule has 0 unspecified atom stereocenters. The number of ether oxygens (including phenoxy) is 2. The molecule has 0 saturated carbocycles. The van der Waals surface area contributed by atoms with Gasteiger partial charge in [0.25, 0.3) is 6.01 Å². The maximum absolute atomic E-state index is 11.6. The fourth-order valence-corrected chi connectivity index (χ4v) is 3.26. The van der Waals surface area contributed by atoms with Crippen molar-refractivity contribution in [1.29, 1.82) is 0 Å². The van der Waals surface area contributed by atoms with Crippen LogP contribution in [0.25, 0.3) is 11.0 Å². The summed E-state index contributed by atoms with van der Waals surface area (Å²) in [6.07, 6.45) is -0.102. The third kappa shape index (κ3) is 3.23. The lowest BCUT2D eigenvalue weighted by atomic mass is 10.1. The van der Waals surface area contributed by atoms with Gasteiger partial charge in [0.05, 0.1) is 24.2 Å². The average molecular weight is 347 g/mol. The highest BCUT2D eigenvalue weighted by Gasteiger charge is 2.27. The van der Waals surface area contributed by atoms with Crippen molar-refractivity contribution in [1.82, 2.24) is 14.5 Å². The summed E-state index contributed by atoms with van der Waals surface area (Å²) >= 11 is 0. The first-order valence-corrected chi connectivity index (χ1v) is 8.61. The van der Waals surface area contributed by atoms with Crippen LogP contribution in [0.5, 0.6) is 11.8 Å². The Morgan fingerprint density at radius 3 is 2.84 bits per heavy atom. The number of aromatic nitrogens is 2. The van der Waals surface area contributed by atoms with Gasteiger partial charge in [-0.05, 0) is 39.8 Å². The normalized spacial score (nSPS) is 13.6. The van der Waals surface area contributed by atoms with Gasteiger partial charge in [0.1, 0.15) is 5.75 Å². The van der Waals surface area contributed by atoms with Crippen LogP contribution in [0.3, 0.4) is 0 Å². The minimum atomic E-state index is -0.927. The molecule has 1 aliphatic rings. The Kier molecular flexibility index (Phi) is 4.49. The summed E-state index contributed by atoms with van der Waals surface area (Å²) < 4.78 is 13.3. The van der Waals surface area contributed by atoms with E-state index in [1.807, 2.05) is 44.4 Å². The van der Waals surface area contributed by atoms with Crippen LogP contribution in [0.2, 0.25) is 0 Å². The first kappa shape index (κ1) is 17.4. The number of hydrogen-bond donors (Lipinski definition) is 1. The average Bonchev–Trinajstić information content (AvgIpc) is 3.10. The molecule has 0 aliphatic carbocycles. The molecule has 25 heavy (non-hydrogen) atoms. The Balaban J connectivity index is 2.00. The van der Waals surface area contributed by atoms with Crippen LogP contribution in [-0.4, -0.2) is 50.9 Å². The van der Waals surface area contributed by atoms with Crippen molar-refractivity contribution < 1.29 is 19.4 Å². The molecule has 0 bridgehead atoms. The first-order chi connectivity index (χ1) is 11.8. The molecule has 0 atom stereocenters. The van der Waals surface area contributed by atoms with Gasteiger partial charge in [0, 0.05) is 30.6 Å². The Labute approximate surface area is 147 Å². The smallest absolute Gasteiger partial charge is 0.407 e. The number of carbonyl (C=O) groups is 1. The van der Waals surface area contributed by atoms with E-state index in [4.69, 9.17) is 9.47 Å². The van der Waals surface area contributed by atoms with E-state index in [0.717, 1.165) is 28.8 Å². The summed E-state index contributed by atoms with van der Waals surface area (Å²) in [7, 11) is 0. The van der Waals surface area contributed by atoms with Crippen LogP contribution in [0.4, 0.5) is 4.79 Å². The molecule has 0 fully saturated rings. The Bertz CT molecular complexity index is 792. The highest BCUT2D eigenvalue weighted by molar-refractivity contribution is 5.83. The molecule has 0 spiro atoms. The van der Waals surface area contributed by atoms with Crippen LogP contribution >= 0.6 is 0 Å². The predicted octanol–water partition coefficient (Wildman–Crippen LogP) is 3.15. The molecule has 0 saturated heterocycles. The van der Waals surface area contributed by atoms with E-state index in [9.17, 15) is 9.90 Å². The van der Waals surface area contributed by atoms with Crippen molar-refractivity contribution in [2.24, 2.45) is 0 Å². The maximum Gasteiger partial charge on any atom is 0.407 e. The molecule has 1 aromatic heterocycles. The number of benzene rings is 1. The number of amides is 1. The van der Waals surface area contributed by atoms with Crippen molar-refractivity contribution in [2.75, 3.05) is 19.8 Å². The van der Waals surface area contributed by atoms with E-state index in [1.54, 1.807) is 0 Å².